The third kappa shape index (κ3) is 2.49. The maximum Gasteiger partial charge on any atom is 0.111 e. The summed E-state index contributed by atoms with van der Waals surface area (Å²) in [6.07, 6.45) is -5.10. The molecule has 0 aromatic rings. The summed E-state index contributed by atoms with van der Waals surface area (Å²) >= 11 is 0. The van der Waals surface area contributed by atoms with Crippen LogP contribution >= 0.6 is 0 Å². The Labute approximate surface area is 89.3 Å². The summed E-state index contributed by atoms with van der Waals surface area (Å²) in [5.41, 5.74) is -0.367. The van der Waals surface area contributed by atoms with Crippen LogP contribution in [0.3, 0.4) is 0 Å². The fraction of sp³-hybridized carbons (Fsp3) is 1.00. The van der Waals surface area contributed by atoms with Gasteiger partial charge in [0, 0.05) is 0 Å². The number of rotatable bonds is 1. The number of aliphatic hydroxyl groups excluding tert-OH is 4. The minimum absolute atomic E-state index is 0.367. The van der Waals surface area contributed by atoms with Gasteiger partial charge in [0.25, 0.3) is 0 Å². The second-order valence-electron chi connectivity index (χ2n) is 5.12. The molecule has 1 aliphatic rings. The SMILES string of the molecule is CC(C)(C)C1O[C@H](CO)[C@@H](O)[C@H](O)[C@@H]1O. The van der Waals surface area contributed by atoms with Crippen LogP contribution in [0.2, 0.25) is 0 Å². The minimum Gasteiger partial charge on any atom is -0.394 e. The summed E-state index contributed by atoms with van der Waals surface area (Å²) in [5.74, 6) is 0. The maximum absolute atomic E-state index is 9.74. The zero-order chi connectivity index (χ0) is 11.8. The van der Waals surface area contributed by atoms with Gasteiger partial charge >= 0.3 is 0 Å². The number of hydrogen-bond acceptors (Lipinski definition) is 5. The van der Waals surface area contributed by atoms with E-state index in [1.54, 1.807) is 0 Å². The van der Waals surface area contributed by atoms with Gasteiger partial charge in [0.1, 0.15) is 24.4 Å². The Morgan fingerprint density at radius 2 is 1.53 bits per heavy atom. The highest BCUT2D eigenvalue weighted by Gasteiger charge is 2.47. The lowest BCUT2D eigenvalue weighted by Crippen LogP contribution is -2.61. The van der Waals surface area contributed by atoms with E-state index in [2.05, 4.69) is 0 Å². The van der Waals surface area contributed by atoms with Crippen LogP contribution < -0.4 is 0 Å². The highest BCUT2D eigenvalue weighted by atomic mass is 16.5. The van der Waals surface area contributed by atoms with Crippen molar-refractivity contribution >= 4 is 0 Å². The van der Waals surface area contributed by atoms with Crippen molar-refractivity contribution in [2.75, 3.05) is 6.61 Å². The topological polar surface area (TPSA) is 90.2 Å². The van der Waals surface area contributed by atoms with Crippen molar-refractivity contribution in [3.05, 3.63) is 0 Å². The van der Waals surface area contributed by atoms with E-state index in [0.29, 0.717) is 0 Å². The number of hydrogen-bond donors (Lipinski definition) is 4. The molecule has 5 nitrogen and oxygen atoms in total. The highest BCUT2D eigenvalue weighted by molar-refractivity contribution is 4.96. The Bertz CT molecular complexity index is 210. The van der Waals surface area contributed by atoms with E-state index in [1.165, 1.54) is 0 Å². The Hall–Kier alpha value is -0.200. The van der Waals surface area contributed by atoms with Gasteiger partial charge < -0.3 is 25.2 Å². The molecule has 1 heterocycles. The molecule has 1 unspecified atom stereocenters. The molecule has 0 aliphatic carbocycles. The smallest absolute Gasteiger partial charge is 0.111 e. The van der Waals surface area contributed by atoms with Crippen molar-refractivity contribution in [1.82, 2.24) is 0 Å². The molecule has 0 amide bonds. The molecule has 0 saturated carbocycles. The molecule has 4 N–H and O–H groups in total. The van der Waals surface area contributed by atoms with Crippen molar-refractivity contribution in [3.8, 4) is 0 Å². The van der Waals surface area contributed by atoms with Gasteiger partial charge in [0.15, 0.2) is 0 Å². The molecule has 0 aromatic heterocycles. The first-order chi connectivity index (χ1) is 6.79. The lowest BCUT2D eigenvalue weighted by Gasteiger charge is -2.45. The van der Waals surface area contributed by atoms with E-state index in [0.717, 1.165) is 0 Å². The van der Waals surface area contributed by atoms with Crippen LogP contribution in [0, 0.1) is 5.41 Å². The molecule has 90 valence electrons. The van der Waals surface area contributed by atoms with Gasteiger partial charge in [-0.25, -0.2) is 0 Å². The molecule has 0 bridgehead atoms. The monoisotopic (exact) mass is 220 g/mol. The normalized spacial score (nSPS) is 43.0. The second kappa shape index (κ2) is 4.35. The third-order valence-electron chi connectivity index (χ3n) is 2.75. The zero-order valence-corrected chi connectivity index (χ0v) is 9.29. The molecule has 0 aromatic carbocycles. The highest BCUT2D eigenvalue weighted by Crippen LogP contribution is 2.32. The van der Waals surface area contributed by atoms with Crippen LogP contribution in [-0.4, -0.2) is 57.6 Å². The molecule has 1 fully saturated rings. The number of ether oxygens (including phenoxy) is 1. The van der Waals surface area contributed by atoms with E-state index >= 15 is 0 Å². The average Bonchev–Trinajstić information content (AvgIpc) is 2.13. The lowest BCUT2D eigenvalue weighted by atomic mass is 9.80. The maximum atomic E-state index is 9.74. The quantitative estimate of drug-likeness (QED) is 0.449. The van der Waals surface area contributed by atoms with Crippen LogP contribution in [0.15, 0.2) is 0 Å². The molecule has 1 saturated heterocycles. The van der Waals surface area contributed by atoms with Crippen LogP contribution in [0.25, 0.3) is 0 Å². The number of aliphatic hydroxyl groups is 4. The third-order valence-corrected chi connectivity index (χ3v) is 2.75. The molecule has 5 atom stereocenters. The van der Waals surface area contributed by atoms with Gasteiger partial charge in [-0.1, -0.05) is 20.8 Å². The summed E-state index contributed by atoms with van der Waals surface area (Å²) in [7, 11) is 0. The average molecular weight is 220 g/mol. The van der Waals surface area contributed by atoms with Crippen molar-refractivity contribution in [2.24, 2.45) is 5.41 Å². The van der Waals surface area contributed by atoms with Gasteiger partial charge in [-0.3, -0.25) is 0 Å². The molecule has 1 aliphatic heterocycles. The predicted octanol–water partition coefficient (Wildman–Crippen LogP) is -1.13. The van der Waals surface area contributed by atoms with E-state index < -0.39 is 30.5 Å². The van der Waals surface area contributed by atoms with Gasteiger partial charge in [0.05, 0.1) is 12.7 Å². The van der Waals surface area contributed by atoms with Crippen molar-refractivity contribution in [3.63, 3.8) is 0 Å². The Morgan fingerprint density at radius 3 is 1.93 bits per heavy atom. The Kier molecular flexibility index (Phi) is 3.73. The lowest BCUT2D eigenvalue weighted by molar-refractivity contribution is -0.250. The molecule has 0 radical (unpaired) electrons. The van der Waals surface area contributed by atoms with Crippen LogP contribution in [0.4, 0.5) is 0 Å². The molecule has 0 spiro atoms. The van der Waals surface area contributed by atoms with Crippen molar-refractivity contribution < 1.29 is 25.2 Å². The summed E-state index contributed by atoms with van der Waals surface area (Å²) in [4.78, 5) is 0. The zero-order valence-electron chi connectivity index (χ0n) is 9.29. The molecular weight excluding hydrogens is 200 g/mol. The van der Waals surface area contributed by atoms with Crippen molar-refractivity contribution in [1.29, 1.82) is 0 Å². The van der Waals surface area contributed by atoms with Crippen LogP contribution in [0.1, 0.15) is 20.8 Å². The molecule has 15 heavy (non-hydrogen) atoms. The van der Waals surface area contributed by atoms with E-state index in [-0.39, 0.29) is 12.0 Å². The fourth-order valence-electron chi connectivity index (χ4n) is 1.82. The van der Waals surface area contributed by atoms with Gasteiger partial charge in [-0.15, -0.1) is 0 Å². The molecular formula is C10H20O5. The van der Waals surface area contributed by atoms with Crippen LogP contribution in [-0.2, 0) is 4.74 Å². The Balaban J connectivity index is 2.83. The van der Waals surface area contributed by atoms with Gasteiger partial charge in [0.2, 0.25) is 0 Å². The van der Waals surface area contributed by atoms with Crippen molar-refractivity contribution in [2.45, 2.75) is 51.3 Å². The summed E-state index contributed by atoms with van der Waals surface area (Å²) in [6, 6.07) is 0. The summed E-state index contributed by atoms with van der Waals surface area (Å²) in [5, 5.41) is 37.8. The largest absolute Gasteiger partial charge is 0.394 e. The van der Waals surface area contributed by atoms with Gasteiger partial charge in [-0.2, -0.15) is 0 Å². The van der Waals surface area contributed by atoms with Gasteiger partial charge in [-0.05, 0) is 5.41 Å². The van der Waals surface area contributed by atoms with E-state index in [4.69, 9.17) is 9.84 Å². The van der Waals surface area contributed by atoms with E-state index in [9.17, 15) is 15.3 Å². The Morgan fingerprint density at radius 1 is 1.00 bits per heavy atom. The van der Waals surface area contributed by atoms with Crippen LogP contribution in [0.5, 0.6) is 0 Å². The van der Waals surface area contributed by atoms with E-state index in [1.807, 2.05) is 20.8 Å². The first kappa shape index (κ1) is 12.9. The molecule has 1 rings (SSSR count). The summed E-state index contributed by atoms with van der Waals surface area (Å²) in [6.45, 7) is 5.21. The fourth-order valence-corrected chi connectivity index (χ4v) is 1.82. The minimum atomic E-state index is -1.28. The predicted molar refractivity (Wildman–Crippen MR) is 53.2 cm³/mol. The second-order valence-corrected chi connectivity index (χ2v) is 5.12. The molecule has 5 heteroatoms. The standard InChI is InChI=1S/C10H20O5/c1-10(2,3)9-8(14)7(13)6(12)5(4-11)15-9/h5-9,11-14H,4H2,1-3H3/t5-,6-,7+,8+,9?/m1/s1. The first-order valence-corrected chi connectivity index (χ1v) is 5.09. The first-order valence-electron chi connectivity index (χ1n) is 5.09. The summed E-state index contributed by atoms with van der Waals surface area (Å²) < 4.78 is 5.38.